The van der Waals surface area contributed by atoms with Gasteiger partial charge in [0.05, 0.1) is 38.6 Å². The van der Waals surface area contributed by atoms with Crippen LogP contribution in [0.2, 0.25) is 0 Å². The minimum Gasteiger partial charge on any atom is -0.394 e. The Balaban J connectivity index is 1.26. The number of aliphatic hydroxyl groups is 11. The minimum absolute atomic E-state index is 0.248. The molecule has 17 unspecified atom stereocenters. The lowest BCUT2D eigenvalue weighted by Gasteiger charge is -2.48. The second-order valence-corrected chi connectivity index (χ2v) is 25.0. The Hall–Kier alpha value is -1.47. The van der Waals surface area contributed by atoms with Crippen molar-refractivity contribution in [1.29, 1.82) is 0 Å². The molecular formula is C66H125NO18. The van der Waals surface area contributed by atoms with Gasteiger partial charge in [0.2, 0.25) is 5.91 Å². The highest BCUT2D eigenvalue weighted by Crippen LogP contribution is 2.33. The van der Waals surface area contributed by atoms with E-state index >= 15 is 0 Å². The van der Waals surface area contributed by atoms with Crippen molar-refractivity contribution in [3.63, 3.8) is 0 Å². The predicted octanol–water partition coefficient (Wildman–Crippen LogP) is 8.50. The van der Waals surface area contributed by atoms with Crippen molar-refractivity contribution in [2.24, 2.45) is 0 Å². The van der Waals surface area contributed by atoms with Gasteiger partial charge < -0.3 is 89.9 Å². The number of amides is 1. The van der Waals surface area contributed by atoms with Crippen molar-refractivity contribution in [3.05, 3.63) is 12.2 Å². The fourth-order valence-electron chi connectivity index (χ4n) is 12.0. The molecule has 17 atom stereocenters. The fraction of sp³-hybridized carbons (Fsp3) is 0.955. The summed E-state index contributed by atoms with van der Waals surface area (Å²) in [5, 5.41) is 120. The third-order valence-corrected chi connectivity index (χ3v) is 17.6. The molecule has 0 aromatic heterocycles. The number of aliphatic hydroxyl groups excluding tert-OH is 11. The topological polar surface area (TPSA) is 307 Å². The predicted molar refractivity (Wildman–Crippen MR) is 328 cm³/mol. The molecule has 0 saturated carbocycles. The molecule has 0 radical (unpaired) electrons. The molecular weight excluding hydrogens is 1090 g/mol. The van der Waals surface area contributed by atoms with Crippen LogP contribution in [-0.2, 0) is 33.2 Å². The van der Waals surface area contributed by atoms with Crippen molar-refractivity contribution in [1.82, 2.24) is 5.32 Å². The second-order valence-electron chi connectivity index (χ2n) is 25.0. The highest BCUT2D eigenvalue weighted by molar-refractivity contribution is 5.76. The van der Waals surface area contributed by atoms with Gasteiger partial charge in [0.1, 0.15) is 73.2 Å². The average Bonchev–Trinajstić information content (AvgIpc) is 1.93. The van der Waals surface area contributed by atoms with E-state index in [0.717, 1.165) is 51.4 Å². The molecule has 3 rings (SSSR count). The Labute approximate surface area is 512 Å². The van der Waals surface area contributed by atoms with E-state index in [9.17, 15) is 61.0 Å². The first-order valence-electron chi connectivity index (χ1n) is 34.4. The van der Waals surface area contributed by atoms with Crippen molar-refractivity contribution < 1.29 is 89.4 Å². The molecule has 3 fully saturated rings. The number of hydrogen-bond donors (Lipinski definition) is 12. The molecule has 0 bridgehead atoms. The van der Waals surface area contributed by atoms with Gasteiger partial charge in [0, 0.05) is 6.42 Å². The lowest BCUT2D eigenvalue weighted by atomic mass is 9.96. The molecule has 502 valence electrons. The summed E-state index contributed by atoms with van der Waals surface area (Å²) in [6, 6.07) is -0.965. The summed E-state index contributed by atoms with van der Waals surface area (Å²) in [6.07, 6.45) is 27.3. The van der Waals surface area contributed by atoms with Gasteiger partial charge in [-0.3, -0.25) is 4.79 Å². The largest absolute Gasteiger partial charge is 0.394 e. The number of carbonyl (C=O) groups excluding carboxylic acids is 1. The van der Waals surface area contributed by atoms with E-state index in [0.29, 0.717) is 6.42 Å². The zero-order chi connectivity index (χ0) is 61.9. The molecule has 3 aliphatic heterocycles. The monoisotopic (exact) mass is 1220 g/mol. The average molecular weight is 1220 g/mol. The maximum absolute atomic E-state index is 13.3. The van der Waals surface area contributed by atoms with Crippen LogP contribution in [0.5, 0.6) is 0 Å². The van der Waals surface area contributed by atoms with E-state index in [4.69, 9.17) is 28.4 Å². The van der Waals surface area contributed by atoms with Crippen LogP contribution >= 0.6 is 0 Å². The quantitative estimate of drug-likeness (QED) is 0.0201. The van der Waals surface area contributed by atoms with Gasteiger partial charge in [-0.05, 0) is 19.3 Å². The number of unbranched alkanes of at least 4 members (excludes halogenated alkanes) is 37. The smallest absolute Gasteiger partial charge is 0.220 e. The Bertz CT molecular complexity index is 1600. The van der Waals surface area contributed by atoms with Gasteiger partial charge in [-0.2, -0.15) is 0 Å². The highest BCUT2D eigenvalue weighted by atomic mass is 16.8. The van der Waals surface area contributed by atoms with E-state index in [2.05, 4.69) is 19.2 Å². The summed E-state index contributed by atoms with van der Waals surface area (Å²) in [6.45, 7) is 1.65. The lowest BCUT2D eigenvalue weighted by Crippen LogP contribution is -2.66. The molecule has 1 amide bonds. The van der Waals surface area contributed by atoms with Crippen LogP contribution in [0.3, 0.4) is 0 Å². The first kappa shape index (κ1) is 77.8. The molecule has 3 heterocycles. The SMILES string of the molecule is CCCCCC/C=C/C(O)C(COC1OC(CO)C(OC2OC(CO)C(OC3OC(CO)C(O)C(O)C3O)C(O)C2O)C(O)C1O)NC(=O)CCCCCCCCCCCCCCCCCCCCCCCCCCCCCCCCCCCC. The summed E-state index contributed by atoms with van der Waals surface area (Å²) in [5.74, 6) is -0.276. The van der Waals surface area contributed by atoms with Crippen LogP contribution in [0, 0.1) is 0 Å². The van der Waals surface area contributed by atoms with Crippen LogP contribution in [0.15, 0.2) is 12.2 Å². The number of carbonyl (C=O) groups is 1. The summed E-state index contributed by atoms with van der Waals surface area (Å²) >= 11 is 0. The number of allylic oxidation sites excluding steroid dienone is 1. The van der Waals surface area contributed by atoms with Gasteiger partial charge in [-0.15, -0.1) is 0 Å². The van der Waals surface area contributed by atoms with Gasteiger partial charge >= 0.3 is 0 Å². The van der Waals surface area contributed by atoms with Gasteiger partial charge in [-0.25, -0.2) is 0 Å². The third-order valence-electron chi connectivity index (χ3n) is 17.6. The maximum Gasteiger partial charge on any atom is 0.220 e. The highest BCUT2D eigenvalue weighted by Gasteiger charge is 2.53. The van der Waals surface area contributed by atoms with Crippen LogP contribution in [0.4, 0.5) is 0 Å². The first-order chi connectivity index (χ1) is 41.3. The lowest BCUT2D eigenvalue weighted by molar-refractivity contribution is -0.379. The van der Waals surface area contributed by atoms with E-state index in [1.165, 1.54) is 193 Å². The third kappa shape index (κ3) is 31.9. The van der Waals surface area contributed by atoms with Crippen LogP contribution in [-0.4, -0.2) is 193 Å². The Morgan fingerprint density at radius 1 is 0.412 bits per heavy atom. The number of nitrogens with one attached hydrogen (secondary N) is 1. The molecule has 0 aromatic carbocycles. The molecule has 19 heteroatoms. The second kappa shape index (κ2) is 49.3. The summed E-state index contributed by atoms with van der Waals surface area (Å²) in [4.78, 5) is 13.3. The molecule has 3 aliphatic rings. The molecule has 0 aromatic rings. The van der Waals surface area contributed by atoms with E-state index in [1.54, 1.807) is 6.08 Å². The Kier molecular flexibility index (Phi) is 45.1. The number of rotatable bonds is 53. The van der Waals surface area contributed by atoms with E-state index < -0.39 is 124 Å². The maximum atomic E-state index is 13.3. The Morgan fingerprint density at radius 3 is 1.11 bits per heavy atom. The molecule has 0 aliphatic carbocycles. The van der Waals surface area contributed by atoms with Crippen molar-refractivity contribution >= 4 is 5.91 Å². The molecule has 3 saturated heterocycles. The van der Waals surface area contributed by atoms with E-state index in [1.807, 2.05) is 6.08 Å². The van der Waals surface area contributed by atoms with Gasteiger partial charge in [0.15, 0.2) is 18.9 Å². The van der Waals surface area contributed by atoms with E-state index in [-0.39, 0.29) is 18.9 Å². The minimum atomic E-state index is -1.97. The standard InChI is InChI=1S/C66H125NO18/c1-3-5-7-9-11-12-13-14-15-16-17-18-19-20-21-22-23-24-25-26-27-28-29-30-31-32-33-34-35-36-37-38-40-42-44-54(72)67-49(50(71)43-41-39-10-8-6-4-2)48-80-64-60(78)57(75)62(52(46-69)82-64)85-66-61(79)58(76)63(53(47-70)83-66)84-65-59(77)56(74)55(73)51(45-68)81-65/h41,43,49-53,55-66,68-71,73-79H,3-40,42,44-48H2,1-2H3,(H,67,72)/b43-41+. The molecule has 0 spiro atoms. The van der Waals surface area contributed by atoms with Gasteiger partial charge in [0.25, 0.3) is 0 Å². The summed E-state index contributed by atoms with van der Waals surface area (Å²) < 4.78 is 34.1. The Morgan fingerprint density at radius 2 is 0.729 bits per heavy atom. The van der Waals surface area contributed by atoms with Crippen LogP contribution in [0.25, 0.3) is 0 Å². The number of hydrogen-bond acceptors (Lipinski definition) is 18. The first-order valence-corrected chi connectivity index (χ1v) is 34.4. The molecule has 19 nitrogen and oxygen atoms in total. The molecule has 85 heavy (non-hydrogen) atoms. The van der Waals surface area contributed by atoms with Crippen LogP contribution < -0.4 is 5.32 Å². The number of ether oxygens (including phenoxy) is 6. The van der Waals surface area contributed by atoms with Crippen molar-refractivity contribution in [3.8, 4) is 0 Å². The zero-order valence-corrected chi connectivity index (χ0v) is 52.9. The van der Waals surface area contributed by atoms with Crippen molar-refractivity contribution in [2.75, 3.05) is 26.4 Å². The van der Waals surface area contributed by atoms with Crippen molar-refractivity contribution in [2.45, 2.75) is 375 Å². The zero-order valence-electron chi connectivity index (χ0n) is 52.9. The summed E-state index contributed by atoms with van der Waals surface area (Å²) in [5.41, 5.74) is 0. The van der Waals surface area contributed by atoms with Gasteiger partial charge in [-0.1, -0.05) is 257 Å². The normalized spacial score (nSPS) is 29.0. The molecule has 12 N–H and O–H groups in total. The summed E-state index contributed by atoms with van der Waals surface area (Å²) in [7, 11) is 0. The fourth-order valence-corrected chi connectivity index (χ4v) is 12.0. The van der Waals surface area contributed by atoms with Crippen LogP contribution in [0.1, 0.15) is 271 Å².